The third-order valence-electron chi connectivity index (χ3n) is 5.60. The third kappa shape index (κ3) is 2.45. The highest BCUT2D eigenvalue weighted by Crippen LogP contribution is 2.50. The van der Waals surface area contributed by atoms with Gasteiger partial charge in [0.25, 0.3) is 0 Å². The molecule has 0 amide bonds. The Morgan fingerprint density at radius 1 is 1.28 bits per heavy atom. The maximum Gasteiger partial charge on any atom is 0.0740 e. The van der Waals surface area contributed by atoms with Crippen molar-refractivity contribution < 1.29 is 5.11 Å². The van der Waals surface area contributed by atoms with Crippen LogP contribution in [-0.4, -0.2) is 41.8 Å². The molecule has 106 valence electrons. The van der Waals surface area contributed by atoms with E-state index in [1.807, 2.05) is 0 Å². The minimum Gasteiger partial charge on any atom is -0.389 e. The largest absolute Gasteiger partial charge is 0.389 e. The Bertz CT molecular complexity index is 274. The van der Waals surface area contributed by atoms with E-state index in [0.29, 0.717) is 6.54 Å². The highest BCUT2D eigenvalue weighted by atomic mass is 16.3. The van der Waals surface area contributed by atoms with Crippen LogP contribution in [0.5, 0.6) is 0 Å². The molecule has 0 aromatic carbocycles. The molecule has 2 unspecified atom stereocenters. The summed E-state index contributed by atoms with van der Waals surface area (Å²) in [4.78, 5) is 2.44. The highest BCUT2D eigenvalue weighted by Gasteiger charge is 2.51. The number of piperidine rings is 1. The zero-order valence-electron chi connectivity index (χ0n) is 12.1. The Hall–Kier alpha value is -0.120. The average molecular weight is 254 g/mol. The first-order valence-electron chi connectivity index (χ1n) is 7.70. The first-order valence-corrected chi connectivity index (χ1v) is 7.70. The van der Waals surface area contributed by atoms with Gasteiger partial charge in [-0.3, -0.25) is 0 Å². The first-order chi connectivity index (χ1) is 8.55. The van der Waals surface area contributed by atoms with Crippen LogP contribution in [0.25, 0.3) is 0 Å². The van der Waals surface area contributed by atoms with Gasteiger partial charge in [-0.05, 0) is 38.1 Å². The van der Waals surface area contributed by atoms with Crippen LogP contribution in [0.2, 0.25) is 0 Å². The van der Waals surface area contributed by atoms with Crippen molar-refractivity contribution in [2.24, 2.45) is 17.1 Å². The fraction of sp³-hybridized carbons (Fsp3) is 1.00. The summed E-state index contributed by atoms with van der Waals surface area (Å²) < 4.78 is 0. The Morgan fingerprint density at radius 3 is 2.44 bits per heavy atom. The number of likely N-dealkylation sites (tertiary alicyclic amines) is 1. The molecule has 0 spiro atoms. The van der Waals surface area contributed by atoms with Gasteiger partial charge in [0.1, 0.15) is 0 Å². The van der Waals surface area contributed by atoms with E-state index in [1.165, 1.54) is 12.8 Å². The lowest BCUT2D eigenvalue weighted by molar-refractivity contribution is -0.138. The van der Waals surface area contributed by atoms with Crippen LogP contribution in [0.15, 0.2) is 0 Å². The summed E-state index contributed by atoms with van der Waals surface area (Å²) in [6, 6.07) is 0. The minimum absolute atomic E-state index is 0.00943. The molecule has 2 rings (SSSR count). The molecule has 1 heterocycles. The molecular weight excluding hydrogens is 224 g/mol. The maximum absolute atomic E-state index is 11.2. The van der Waals surface area contributed by atoms with E-state index in [2.05, 4.69) is 18.7 Å². The summed E-state index contributed by atoms with van der Waals surface area (Å²) in [5, 5.41) is 11.2. The number of rotatable bonds is 3. The van der Waals surface area contributed by atoms with Crippen LogP contribution < -0.4 is 5.73 Å². The lowest BCUT2D eigenvalue weighted by atomic mass is 9.58. The van der Waals surface area contributed by atoms with Crippen molar-refractivity contribution in [3.63, 3.8) is 0 Å². The Kier molecular flexibility index (Phi) is 4.35. The van der Waals surface area contributed by atoms with Crippen LogP contribution >= 0.6 is 0 Å². The molecule has 3 nitrogen and oxygen atoms in total. The summed E-state index contributed by atoms with van der Waals surface area (Å²) >= 11 is 0. The van der Waals surface area contributed by atoms with Gasteiger partial charge in [-0.25, -0.2) is 0 Å². The Balaban J connectivity index is 2.11. The van der Waals surface area contributed by atoms with E-state index in [-0.39, 0.29) is 5.41 Å². The van der Waals surface area contributed by atoms with E-state index in [0.717, 1.165) is 51.2 Å². The number of nitrogens with two attached hydrogens (primary N) is 1. The third-order valence-corrected chi connectivity index (χ3v) is 5.60. The second-order valence-electron chi connectivity index (χ2n) is 6.65. The molecule has 0 bridgehead atoms. The normalized spacial score (nSPS) is 37.7. The van der Waals surface area contributed by atoms with E-state index in [1.54, 1.807) is 0 Å². The molecular formula is C15H30N2O. The van der Waals surface area contributed by atoms with Crippen LogP contribution in [0, 0.1) is 11.3 Å². The standard InChI is InChI=1S/C15H30N2O/c1-3-17-9-7-15(18,8-10-17)14(12-16)6-4-5-13(2)11-14/h13,18H,3-12,16H2,1-2H3. The molecule has 1 saturated carbocycles. The van der Waals surface area contributed by atoms with Gasteiger partial charge in [0.15, 0.2) is 0 Å². The number of hydrogen-bond donors (Lipinski definition) is 2. The first kappa shape index (κ1) is 14.3. The molecule has 1 saturated heterocycles. The molecule has 0 radical (unpaired) electrons. The van der Waals surface area contributed by atoms with Gasteiger partial charge in [-0.1, -0.05) is 26.7 Å². The minimum atomic E-state index is -0.512. The molecule has 3 heteroatoms. The van der Waals surface area contributed by atoms with Gasteiger partial charge in [0, 0.05) is 25.0 Å². The van der Waals surface area contributed by atoms with Gasteiger partial charge in [0.05, 0.1) is 5.60 Å². The van der Waals surface area contributed by atoms with Crippen LogP contribution in [-0.2, 0) is 0 Å². The van der Waals surface area contributed by atoms with Gasteiger partial charge in [-0.15, -0.1) is 0 Å². The van der Waals surface area contributed by atoms with Crippen molar-refractivity contribution in [1.29, 1.82) is 0 Å². The predicted molar refractivity (Wildman–Crippen MR) is 75.4 cm³/mol. The van der Waals surface area contributed by atoms with E-state index < -0.39 is 5.60 Å². The van der Waals surface area contributed by atoms with Crippen molar-refractivity contribution >= 4 is 0 Å². The van der Waals surface area contributed by atoms with Crippen molar-refractivity contribution in [3.8, 4) is 0 Å². The van der Waals surface area contributed by atoms with E-state index in [4.69, 9.17) is 5.73 Å². The Labute approximate surface area is 112 Å². The monoisotopic (exact) mass is 254 g/mol. The van der Waals surface area contributed by atoms with Crippen LogP contribution in [0.4, 0.5) is 0 Å². The Morgan fingerprint density at radius 2 is 1.94 bits per heavy atom. The average Bonchev–Trinajstić information content (AvgIpc) is 2.39. The lowest BCUT2D eigenvalue weighted by Gasteiger charge is -2.53. The zero-order valence-corrected chi connectivity index (χ0v) is 12.1. The van der Waals surface area contributed by atoms with Crippen LogP contribution in [0.1, 0.15) is 52.4 Å². The fourth-order valence-electron chi connectivity index (χ4n) is 4.23. The molecule has 1 aliphatic carbocycles. The SMILES string of the molecule is CCN1CCC(O)(C2(CN)CCCC(C)C2)CC1. The second kappa shape index (κ2) is 5.48. The molecule has 0 aromatic heterocycles. The number of nitrogens with zero attached hydrogens (tertiary/aromatic N) is 1. The number of aliphatic hydroxyl groups is 1. The van der Waals surface area contributed by atoms with Gasteiger partial charge in [-0.2, -0.15) is 0 Å². The summed E-state index contributed by atoms with van der Waals surface area (Å²) in [5.41, 5.74) is 5.59. The predicted octanol–water partition coefficient (Wildman–Crippen LogP) is 1.99. The quantitative estimate of drug-likeness (QED) is 0.810. The van der Waals surface area contributed by atoms with E-state index >= 15 is 0 Å². The summed E-state index contributed by atoms with van der Waals surface area (Å²) in [7, 11) is 0. The second-order valence-corrected chi connectivity index (χ2v) is 6.65. The summed E-state index contributed by atoms with van der Waals surface area (Å²) in [6.07, 6.45) is 6.59. The molecule has 2 fully saturated rings. The van der Waals surface area contributed by atoms with Crippen LogP contribution in [0.3, 0.4) is 0 Å². The zero-order chi connectivity index (χ0) is 13.2. The van der Waals surface area contributed by atoms with Gasteiger partial charge in [0.2, 0.25) is 0 Å². The summed E-state index contributed by atoms with van der Waals surface area (Å²) in [6.45, 7) is 8.33. The molecule has 18 heavy (non-hydrogen) atoms. The van der Waals surface area contributed by atoms with Crippen molar-refractivity contribution in [2.75, 3.05) is 26.2 Å². The van der Waals surface area contributed by atoms with E-state index in [9.17, 15) is 5.11 Å². The smallest absolute Gasteiger partial charge is 0.0740 e. The molecule has 0 aromatic rings. The van der Waals surface area contributed by atoms with Gasteiger partial charge >= 0.3 is 0 Å². The molecule has 2 atom stereocenters. The molecule has 3 N–H and O–H groups in total. The lowest BCUT2D eigenvalue weighted by Crippen LogP contribution is -2.59. The fourth-order valence-corrected chi connectivity index (χ4v) is 4.23. The maximum atomic E-state index is 11.2. The van der Waals surface area contributed by atoms with Gasteiger partial charge < -0.3 is 15.7 Å². The van der Waals surface area contributed by atoms with Crippen molar-refractivity contribution in [3.05, 3.63) is 0 Å². The topological polar surface area (TPSA) is 49.5 Å². The number of hydrogen-bond acceptors (Lipinski definition) is 3. The molecule has 2 aliphatic rings. The highest BCUT2D eigenvalue weighted by molar-refractivity contribution is 5.04. The summed E-state index contributed by atoms with van der Waals surface area (Å²) in [5.74, 6) is 0.718. The van der Waals surface area contributed by atoms with Crippen molar-refractivity contribution in [1.82, 2.24) is 4.90 Å². The van der Waals surface area contributed by atoms with Crippen molar-refractivity contribution in [2.45, 2.75) is 58.0 Å². The molecule has 1 aliphatic heterocycles.